The average Bonchev–Trinajstić information content (AvgIpc) is 3.56. The van der Waals surface area contributed by atoms with Crippen LogP contribution in [-0.2, 0) is 14.6 Å². The second-order valence-electron chi connectivity index (χ2n) is 9.56. The van der Waals surface area contributed by atoms with E-state index in [1.807, 2.05) is 4.90 Å². The molecule has 1 saturated carbocycles. The molecule has 184 valence electrons. The van der Waals surface area contributed by atoms with Crippen LogP contribution in [0.2, 0.25) is 0 Å². The maximum Gasteiger partial charge on any atom is 0.266 e. The highest BCUT2D eigenvalue weighted by Gasteiger charge is 2.38. The van der Waals surface area contributed by atoms with E-state index in [0.717, 1.165) is 57.0 Å². The number of hydrogen-bond acceptors (Lipinski definition) is 8. The minimum Gasteiger partial charge on any atom is -0.371 e. The van der Waals surface area contributed by atoms with Crippen molar-refractivity contribution in [2.75, 3.05) is 36.1 Å². The van der Waals surface area contributed by atoms with Gasteiger partial charge in [0, 0.05) is 37.8 Å². The Labute approximate surface area is 198 Å². The Hall–Kier alpha value is -2.69. The van der Waals surface area contributed by atoms with E-state index in [9.17, 15) is 17.6 Å². The molecule has 1 aliphatic carbocycles. The van der Waals surface area contributed by atoms with Crippen LogP contribution >= 0.6 is 0 Å². The van der Waals surface area contributed by atoms with Crippen LogP contribution in [0.3, 0.4) is 0 Å². The first-order valence-corrected chi connectivity index (χ1v) is 13.8. The number of hydrogen-bond donors (Lipinski definition) is 1. The van der Waals surface area contributed by atoms with Crippen molar-refractivity contribution in [1.82, 2.24) is 15.0 Å². The van der Waals surface area contributed by atoms with Crippen LogP contribution in [0.25, 0.3) is 0 Å². The summed E-state index contributed by atoms with van der Waals surface area (Å²) in [6, 6.07) is 3.31. The fourth-order valence-electron chi connectivity index (χ4n) is 5.30. The Morgan fingerprint density at radius 2 is 1.82 bits per heavy atom. The zero-order valence-electron chi connectivity index (χ0n) is 19.2. The van der Waals surface area contributed by atoms with Gasteiger partial charge in [-0.05, 0) is 55.5 Å². The van der Waals surface area contributed by atoms with Crippen molar-refractivity contribution < 1.29 is 22.1 Å². The van der Waals surface area contributed by atoms with Crippen LogP contribution in [-0.4, -0.2) is 67.3 Å². The van der Waals surface area contributed by atoms with E-state index in [4.69, 9.17) is 4.52 Å². The van der Waals surface area contributed by atoms with E-state index in [2.05, 4.69) is 20.4 Å². The number of halogens is 1. The summed E-state index contributed by atoms with van der Waals surface area (Å²) in [6.07, 6.45) is 7.88. The van der Waals surface area contributed by atoms with Crippen molar-refractivity contribution in [3.63, 3.8) is 0 Å². The van der Waals surface area contributed by atoms with Crippen molar-refractivity contribution >= 4 is 27.4 Å². The summed E-state index contributed by atoms with van der Waals surface area (Å²) < 4.78 is 43.2. The molecule has 11 heteroatoms. The third kappa shape index (κ3) is 4.62. The molecule has 2 aliphatic heterocycles. The van der Waals surface area contributed by atoms with Crippen molar-refractivity contribution in [3.8, 4) is 0 Å². The third-order valence-corrected chi connectivity index (χ3v) is 8.37. The van der Waals surface area contributed by atoms with Gasteiger partial charge >= 0.3 is 0 Å². The van der Waals surface area contributed by atoms with Crippen LogP contribution in [0.1, 0.15) is 56.8 Å². The van der Waals surface area contributed by atoms with Gasteiger partial charge in [0.25, 0.3) is 5.95 Å². The van der Waals surface area contributed by atoms with Gasteiger partial charge in [-0.15, -0.1) is 0 Å². The number of rotatable bonds is 6. The normalized spacial score (nSPS) is 22.6. The molecule has 5 rings (SSSR count). The summed E-state index contributed by atoms with van der Waals surface area (Å²) in [5.74, 6) is 1.04. The second kappa shape index (κ2) is 9.16. The summed E-state index contributed by atoms with van der Waals surface area (Å²) in [4.78, 5) is 21.6. The molecule has 0 unspecified atom stereocenters. The van der Waals surface area contributed by atoms with Crippen LogP contribution in [0.4, 0.5) is 16.0 Å². The first-order chi connectivity index (χ1) is 16.3. The van der Waals surface area contributed by atoms with Crippen molar-refractivity contribution in [2.45, 2.75) is 67.8 Å². The average molecular weight is 492 g/mol. The number of nitrogens with one attached hydrogen (secondary N) is 1. The molecule has 1 atom stereocenters. The number of benzene rings is 1. The standard InChI is InChI=1S/C23H30FN5O4S/c1-34(31,32)17-6-7-19(18(24)14-17)25-20-10-13-29(22(20)30)16-8-11-28(12-9-16)23-26-21(33-27-23)15-4-2-3-5-15/h6-7,14-16,20,25H,2-5,8-13H2,1H3/t20-/m0/s1. The van der Waals surface area contributed by atoms with Gasteiger partial charge in [0.1, 0.15) is 11.9 Å². The minimum atomic E-state index is -3.49. The lowest BCUT2D eigenvalue weighted by Crippen LogP contribution is -2.47. The summed E-state index contributed by atoms with van der Waals surface area (Å²) in [6.45, 7) is 2.10. The van der Waals surface area contributed by atoms with Crippen molar-refractivity contribution in [1.29, 1.82) is 0 Å². The predicted molar refractivity (Wildman–Crippen MR) is 124 cm³/mol. The fourth-order valence-corrected chi connectivity index (χ4v) is 5.93. The van der Waals surface area contributed by atoms with E-state index in [1.54, 1.807) is 0 Å². The number of aromatic nitrogens is 2. The molecule has 1 N–H and O–H groups in total. The molecule has 2 saturated heterocycles. The molecule has 2 aromatic rings. The van der Waals surface area contributed by atoms with E-state index in [-0.39, 0.29) is 22.5 Å². The highest BCUT2D eigenvalue weighted by Crippen LogP contribution is 2.34. The lowest BCUT2D eigenvalue weighted by Gasteiger charge is -2.36. The first-order valence-electron chi connectivity index (χ1n) is 11.9. The number of carbonyl (C=O) groups is 1. The largest absolute Gasteiger partial charge is 0.371 e. The van der Waals surface area contributed by atoms with E-state index < -0.39 is 21.7 Å². The lowest BCUT2D eigenvalue weighted by molar-refractivity contribution is -0.130. The fraction of sp³-hybridized carbons (Fsp3) is 0.609. The van der Waals surface area contributed by atoms with Gasteiger partial charge in [0.15, 0.2) is 9.84 Å². The first kappa shape index (κ1) is 23.1. The number of amides is 1. The molecular formula is C23H30FN5O4S. The third-order valence-electron chi connectivity index (χ3n) is 7.26. The SMILES string of the molecule is CS(=O)(=O)c1ccc(N[C@H]2CCN(C3CCN(c4noc(C5CCCC5)n4)CC3)C2=O)c(F)c1. The Kier molecular flexibility index (Phi) is 6.22. The van der Waals surface area contributed by atoms with Gasteiger partial charge in [0.2, 0.25) is 11.8 Å². The van der Waals surface area contributed by atoms with Crippen LogP contribution < -0.4 is 10.2 Å². The molecule has 1 aromatic carbocycles. The molecule has 3 fully saturated rings. The smallest absolute Gasteiger partial charge is 0.266 e. The molecule has 0 radical (unpaired) electrons. The maximum absolute atomic E-state index is 14.4. The Balaban J connectivity index is 1.16. The monoisotopic (exact) mass is 491 g/mol. The molecule has 0 spiro atoms. The Morgan fingerprint density at radius 1 is 1.09 bits per heavy atom. The maximum atomic E-state index is 14.4. The summed E-state index contributed by atoms with van der Waals surface area (Å²) >= 11 is 0. The van der Waals surface area contributed by atoms with Crippen LogP contribution in [0.5, 0.6) is 0 Å². The van der Waals surface area contributed by atoms with E-state index >= 15 is 0 Å². The van der Waals surface area contributed by atoms with Gasteiger partial charge in [-0.3, -0.25) is 4.79 Å². The zero-order chi connectivity index (χ0) is 23.9. The Morgan fingerprint density at radius 3 is 2.50 bits per heavy atom. The molecule has 9 nitrogen and oxygen atoms in total. The minimum absolute atomic E-state index is 0.0480. The molecule has 1 amide bonds. The van der Waals surface area contributed by atoms with E-state index in [0.29, 0.717) is 24.8 Å². The predicted octanol–water partition coefficient (Wildman–Crippen LogP) is 2.95. The number of likely N-dealkylation sites (tertiary alicyclic amines) is 1. The molecule has 34 heavy (non-hydrogen) atoms. The number of piperidine rings is 1. The van der Waals surface area contributed by atoms with Gasteiger partial charge < -0.3 is 19.6 Å². The molecule has 1 aromatic heterocycles. The zero-order valence-corrected chi connectivity index (χ0v) is 20.1. The van der Waals surface area contributed by atoms with Gasteiger partial charge in [-0.25, -0.2) is 12.8 Å². The molecule has 3 heterocycles. The quantitative estimate of drug-likeness (QED) is 0.657. The number of carbonyl (C=O) groups excluding carboxylic acids is 1. The van der Waals surface area contributed by atoms with E-state index in [1.165, 1.54) is 25.0 Å². The number of nitrogens with zero attached hydrogens (tertiary/aromatic N) is 4. The van der Waals surface area contributed by atoms with Gasteiger partial charge in [0.05, 0.1) is 10.6 Å². The van der Waals surface area contributed by atoms with Crippen LogP contribution in [0, 0.1) is 5.82 Å². The second-order valence-corrected chi connectivity index (χ2v) is 11.6. The van der Waals surface area contributed by atoms with Crippen molar-refractivity contribution in [3.05, 3.63) is 29.9 Å². The topological polar surface area (TPSA) is 109 Å². The van der Waals surface area contributed by atoms with Gasteiger partial charge in [-0.1, -0.05) is 12.8 Å². The van der Waals surface area contributed by atoms with Crippen LogP contribution in [0.15, 0.2) is 27.6 Å². The Bertz CT molecular complexity index is 1160. The number of sulfone groups is 1. The molecular weight excluding hydrogens is 461 g/mol. The highest BCUT2D eigenvalue weighted by molar-refractivity contribution is 7.90. The number of anilines is 2. The summed E-state index contributed by atoms with van der Waals surface area (Å²) in [5, 5.41) is 7.15. The van der Waals surface area contributed by atoms with Crippen molar-refractivity contribution in [2.24, 2.45) is 0 Å². The highest BCUT2D eigenvalue weighted by atomic mass is 32.2. The molecule has 3 aliphatic rings. The van der Waals surface area contributed by atoms with Gasteiger partial charge in [-0.2, -0.15) is 4.98 Å². The summed E-state index contributed by atoms with van der Waals surface area (Å²) in [5.41, 5.74) is 0.137. The lowest BCUT2D eigenvalue weighted by atomic mass is 10.0. The molecule has 0 bridgehead atoms. The summed E-state index contributed by atoms with van der Waals surface area (Å²) in [7, 11) is -3.49.